The molecule has 0 aromatic carbocycles. The Kier molecular flexibility index (Phi) is 2.76. The minimum absolute atomic E-state index is 0.0810. The summed E-state index contributed by atoms with van der Waals surface area (Å²) < 4.78 is 5.57. The van der Waals surface area contributed by atoms with Crippen LogP contribution in [0, 0.1) is 0 Å². The van der Waals surface area contributed by atoms with Crippen LogP contribution >= 0.6 is 11.6 Å². The van der Waals surface area contributed by atoms with E-state index >= 15 is 0 Å². The quantitative estimate of drug-likeness (QED) is 0.647. The first-order valence-corrected chi connectivity index (χ1v) is 4.80. The Morgan fingerprint density at radius 1 is 1.38 bits per heavy atom. The predicted molar refractivity (Wildman–Crippen MR) is 49.6 cm³/mol. The van der Waals surface area contributed by atoms with Crippen molar-refractivity contribution in [2.24, 2.45) is 0 Å². The molecular weight excluding hydrogens is 188 g/mol. The fourth-order valence-electron chi connectivity index (χ4n) is 1.47. The highest BCUT2D eigenvalue weighted by molar-refractivity contribution is 6.20. The Balaban J connectivity index is 2.08. The number of nitrogens with zero attached hydrogens (tertiary/aromatic N) is 2. The molecule has 0 bridgehead atoms. The van der Waals surface area contributed by atoms with Crippen LogP contribution in [0.15, 0.2) is 18.7 Å². The van der Waals surface area contributed by atoms with E-state index < -0.39 is 0 Å². The zero-order valence-electron chi connectivity index (χ0n) is 7.19. The molecule has 0 radical (unpaired) electrons. The summed E-state index contributed by atoms with van der Waals surface area (Å²) in [6.07, 6.45) is 6.96. The Morgan fingerprint density at radius 2 is 2.15 bits per heavy atom. The van der Waals surface area contributed by atoms with E-state index in [-0.39, 0.29) is 11.5 Å². The van der Waals surface area contributed by atoms with E-state index in [1.165, 1.54) is 6.33 Å². The lowest BCUT2D eigenvalue weighted by molar-refractivity contribution is 0.0164. The minimum Gasteiger partial charge on any atom is -0.373 e. The van der Waals surface area contributed by atoms with Crippen LogP contribution in [-0.4, -0.2) is 22.0 Å². The highest BCUT2D eigenvalue weighted by Crippen LogP contribution is 2.29. The molecule has 0 aliphatic carbocycles. The summed E-state index contributed by atoms with van der Waals surface area (Å²) in [6.45, 7) is 0.730. The fourth-order valence-corrected chi connectivity index (χ4v) is 1.72. The van der Waals surface area contributed by atoms with Crippen molar-refractivity contribution in [3.8, 4) is 0 Å². The number of aromatic nitrogens is 2. The molecule has 0 spiro atoms. The first kappa shape index (κ1) is 8.91. The summed E-state index contributed by atoms with van der Waals surface area (Å²) in [5.41, 5.74) is 1.02. The van der Waals surface area contributed by atoms with Gasteiger partial charge in [-0.15, -0.1) is 11.6 Å². The molecule has 0 amide bonds. The van der Waals surface area contributed by atoms with E-state index in [4.69, 9.17) is 16.3 Å². The monoisotopic (exact) mass is 198 g/mol. The topological polar surface area (TPSA) is 35.0 Å². The van der Waals surface area contributed by atoms with Crippen LogP contribution in [0.3, 0.4) is 0 Å². The van der Waals surface area contributed by atoms with Crippen molar-refractivity contribution in [2.75, 3.05) is 6.61 Å². The molecule has 2 atom stereocenters. The molecule has 1 fully saturated rings. The van der Waals surface area contributed by atoms with Gasteiger partial charge in [0.05, 0.1) is 6.10 Å². The summed E-state index contributed by atoms with van der Waals surface area (Å²) >= 11 is 6.04. The van der Waals surface area contributed by atoms with E-state index in [1.807, 2.05) is 0 Å². The summed E-state index contributed by atoms with van der Waals surface area (Å²) in [7, 11) is 0. The second-order valence-corrected chi connectivity index (χ2v) is 3.77. The number of halogens is 1. The molecule has 1 aliphatic heterocycles. The van der Waals surface area contributed by atoms with Crippen molar-refractivity contribution in [3.05, 3.63) is 24.3 Å². The predicted octanol–water partition coefficient (Wildman–Crippen LogP) is 1.94. The van der Waals surface area contributed by atoms with Crippen molar-refractivity contribution >= 4 is 11.6 Å². The van der Waals surface area contributed by atoms with E-state index in [9.17, 15) is 0 Å². The van der Waals surface area contributed by atoms with Gasteiger partial charge in [-0.25, -0.2) is 9.97 Å². The van der Waals surface area contributed by atoms with E-state index in [2.05, 4.69) is 9.97 Å². The lowest BCUT2D eigenvalue weighted by atomic mass is 10.0. The second kappa shape index (κ2) is 4.03. The number of hydrogen-bond donors (Lipinski definition) is 0. The zero-order valence-corrected chi connectivity index (χ0v) is 7.94. The van der Waals surface area contributed by atoms with Crippen LogP contribution in [0.2, 0.25) is 0 Å². The van der Waals surface area contributed by atoms with Crippen LogP contribution in [0.5, 0.6) is 0 Å². The minimum atomic E-state index is 0.0810. The standard InChI is InChI=1S/C9H11ClN2O/c10-8-1-2-13-9(3-8)7-4-11-6-12-5-7/h4-6,8-9H,1-3H2. The third-order valence-electron chi connectivity index (χ3n) is 2.17. The molecule has 0 N–H and O–H groups in total. The van der Waals surface area contributed by atoms with Crippen LogP contribution in [0.1, 0.15) is 24.5 Å². The van der Waals surface area contributed by atoms with Gasteiger partial charge in [0.1, 0.15) is 6.33 Å². The SMILES string of the molecule is ClC1CCOC(c2cncnc2)C1. The van der Waals surface area contributed by atoms with Gasteiger partial charge < -0.3 is 4.74 Å². The number of rotatable bonds is 1. The summed E-state index contributed by atoms with van der Waals surface area (Å²) in [5, 5.41) is 0.221. The van der Waals surface area contributed by atoms with Gasteiger partial charge in [0.2, 0.25) is 0 Å². The normalized spacial score (nSPS) is 28.7. The zero-order chi connectivity index (χ0) is 9.10. The van der Waals surface area contributed by atoms with Gasteiger partial charge in [-0.3, -0.25) is 0 Å². The lowest BCUT2D eigenvalue weighted by Gasteiger charge is -2.25. The lowest BCUT2D eigenvalue weighted by Crippen LogP contribution is -2.20. The van der Waals surface area contributed by atoms with Crippen molar-refractivity contribution < 1.29 is 4.74 Å². The van der Waals surface area contributed by atoms with Gasteiger partial charge in [-0.05, 0) is 12.8 Å². The van der Waals surface area contributed by atoms with Crippen LogP contribution in [-0.2, 0) is 4.74 Å². The maximum atomic E-state index is 6.04. The van der Waals surface area contributed by atoms with Crippen molar-refractivity contribution in [3.63, 3.8) is 0 Å². The highest BCUT2D eigenvalue weighted by Gasteiger charge is 2.22. The van der Waals surface area contributed by atoms with Gasteiger partial charge >= 0.3 is 0 Å². The molecule has 1 saturated heterocycles. The molecule has 2 rings (SSSR count). The van der Waals surface area contributed by atoms with Crippen molar-refractivity contribution in [1.29, 1.82) is 0 Å². The van der Waals surface area contributed by atoms with Gasteiger partial charge in [-0.1, -0.05) is 0 Å². The molecule has 1 aliphatic rings. The van der Waals surface area contributed by atoms with Crippen molar-refractivity contribution in [2.45, 2.75) is 24.3 Å². The van der Waals surface area contributed by atoms with E-state index in [1.54, 1.807) is 12.4 Å². The summed E-state index contributed by atoms with van der Waals surface area (Å²) in [5.74, 6) is 0. The molecule has 2 unspecified atom stereocenters. The molecule has 1 aromatic rings. The third kappa shape index (κ3) is 2.17. The van der Waals surface area contributed by atoms with Crippen LogP contribution in [0.25, 0.3) is 0 Å². The number of ether oxygens (including phenoxy) is 1. The Bertz CT molecular complexity index is 268. The average molecular weight is 199 g/mol. The largest absolute Gasteiger partial charge is 0.373 e. The van der Waals surface area contributed by atoms with Gasteiger partial charge in [0, 0.05) is 29.9 Å². The van der Waals surface area contributed by atoms with Crippen molar-refractivity contribution in [1.82, 2.24) is 9.97 Å². The number of hydrogen-bond acceptors (Lipinski definition) is 3. The Hall–Kier alpha value is -0.670. The maximum absolute atomic E-state index is 6.04. The maximum Gasteiger partial charge on any atom is 0.115 e. The van der Waals surface area contributed by atoms with Gasteiger partial charge in [0.15, 0.2) is 0 Å². The van der Waals surface area contributed by atoms with E-state index in [0.29, 0.717) is 0 Å². The number of alkyl halides is 1. The molecule has 1 aromatic heterocycles. The second-order valence-electron chi connectivity index (χ2n) is 3.15. The summed E-state index contributed by atoms with van der Waals surface area (Å²) in [6, 6.07) is 0. The molecule has 13 heavy (non-hydrogen) atoms. The first-order chi connectivity index (χ1) is 6.36. The highest BCUT2D eigenvalue weighted by atomic mass is 35.5. The smallest absolute Gasteiger partial charge is 0.115 e. The fraction of sp³-hybridized carbons (Fsp3) is 0.556. The molecule has 3 nitrogen and oxygen atoms in total. The molecule has 0 saturated carbocycles. The average Bonchev–Trinajstić information content (AvgIpc) is 2.19. The van der Waals surface area contributed by atoms with Gasteiger partial charge in [0.25, 0.3) is 0 Å². The van der Waals surface area contributed by atoms with E-state index in [0.717, 1.165) is 25.0 Å². The first-order valence-electron chi connectivity index (χ1n) is 4.37. The van der Waals surface area contributed by atoms with Crippen LogP contribution in [0.4, 0.5) is 0 Å². The third-order valence-corrected chi connectivity index (χ3v) is 2.57. The van der Waals surface area contributed by atoms with Crippen LogP contribution < -0.4 is 0 Å². The Labute approximate surface area is 82.1 Å². The molecule has 2 heterocycles. The van der Waals surface area contributed by atoms with Gasteiger partial charge in [-0.2, -0.15) is 0 Å². The Morgan fingerprint density at radius 3 is 2.85 bits per heavy atom. The summed E-state index contributed by atoms with van der Waals surface area (Å²) in [4.78, 5) is 7.90. The molecule has 4 heteroatoms. The molecule has 70 valence electrons. The molecular formula is C9H11ClN2O.